The van der Waals surface area contributed by atoms with Gasteiger partial charge >= 0.3 is 6.18 Å². The second-order valence-corrected chi connectivity index (χ2v) is 6.25. The van der Waals surface area contributed by atoms with Gasteiger partial charge in [-0.2, -0.15) is 24.1 Å². The number of thiol groups is 1. The van der Waals surface area contributed by atoms with Crippen LogP contribution in [0.4, 0.5) is 13.2 Å². The van der Waals surface area contributed by atoms with Crippen LogP contribution in [0.1, 0.15) is 18.5 Å². The van der Waals surface area contributed by atoms with Gasteiger partial charge in [-0.15, -0.1) is 0 Å². The topological polar surface area (TPSA) is 26.0 Å². The fraction of sp³-hybridized carbons (Fsp3) is 0.667. The van der Waals surface area contributed by atoms with Crippen LogP contribution in [-0.4, -0.2) is 23.8 Å². The van der Waals surface area contributed by atoms with E-state index in [1.807, 2.05) is 12.5 Å². The van der Waals surface area contributed by atoms with E-state index in [9.17, 15) is 13.2 Å². The van der Waals surface area contributed by atoms with E-state index >= 15 is 0 Å². The highest BCUT2D eigenvalue weighted by molar-refractivity contribution is 8.15. The molecule has 0 aromatic carbocycles. The van der Waals surface area contributed by atoms with Gasteiger partial charge in [0.15, 0.2) is 5.09 Å². The molecule has 0 saturated heterocycles. The molecule has 2 rings (SSSR count). The minimum absolute atomic E-state index is 0.0567. The average Bonchev–Trinajstić information content (AvgIpc) is 2.77. The number of alkyl halides is 3. The van der Waals surface area contributed by atoms with Crippen molar-refractivity contribution in [3.05, 3.63) is 11.8 Å². The SMILES string of the molecule is C[SH](C)c1cc(C2(C(F)(F)F)CC2)no1. The van der Waals surface area contributed by atoms with Crippen LogP contribution in [-0.2, 0) is 5.41 Å². The second kappa shape index (κ2) is 3.17. The summed E-state index contributed by atoms with van der Waals surface area (Å²) in [6, 6.07) is 1.46. The molecule has 6 heteroatoms. The molecule has 0 spiro atoms. The summed E-state index contributed by atoms with van der Waals surface area (Å²) < 4.78 is 43.1. The Bertz CT molecular complexity index is 368. The Morgan fingerprint density at radius 2 is 2.00 bits per heavy atom. The molecule has 1 aliphatic rings. The highest BCUT2D eigenvalue weighted by Gasteiger charge is 2.66. The number of aromatic nitrogens is 1. The molecular formula is C9H12F3NOS. The maximum absolute atomic E-state index is 12.7. The lowest BCUT2D eigenvalue weighted by Gasteiger charge is -2.15. The monoisotopic (exact) mass is 239 g/mol. The molecule has 0 bridgehead atoms. The van der Waals surface area contributed by atoms with Gasteiger partial charge in [-0.25, -0.2) is 0 Å². The van der Waals surface area contributed by atoms with E-state index in [1.54, 1.807) is 0 Å². The lowest BCUT2D eigenvalue weighted by atomic mass is 10.0. The summed E-state index contributed by atoms with van der Waals surface area (Å²) in [6.07, 6.45) is -0.0907. The maximum Gasteiger partial charge on any atom is 0.400 e. The van der Waals surface area contributed by atoms with Crippen molar-refractivity contribution in [2.75, 3.05) is 12.5 Å². The Labute approximate surface area is 88.2 Å². The zero-order chi connectivity index (χ0) is 11.3. The van der Waals surface area contributed by atoms with E-state index in [-0.39, 0.29) is 18.5 Å². The molecule has 1 saturated carbocycles. The molecule has 0 amide bonds. The largest absolute Gasteiger partial charge is 0.400 e. The van der Waals surface area contributed by atoms with Crippen LogP contribution >= 0.6 is 10.9 Å². The van der Waals surface area contributed by atoms with Gasteiger partial charge in [-0.05, 0) is 25.4 Å². The Morgan fingerprint density at radius 3 is 2.33 bits per heavy atom. The van der Waals surface area contributed by atoms with Gasteiger partial charge in [0.2, 0.25) is 0 Å². The van der Waals surface area contributed by atoms with Crippen molar-refractivity contribution in [2.45, 2.75) is 29.5 Å². The van der Waals surface area contributed by atoms with Crippen molar-refractivity contribution in [3.63, 3.8) is 0 Å². The van der Waals surface area contributed by atoms with Gasteiger partial charge in [0.1, 0.15) is 5.41 Å². The molecule has 1 aromatic rings. The molecule has 0 unspecified atom stereocenters. The molecule has 1 aliphatic carbocycles. The fourth-order valence-electron chi connectivity index (χ4n) is 1.51. The molecule has 1 aromatic heterocycles. The minimum Gasteiger partial charge on any atom is -0.351 e. The van der Waals surface area contributed by atoms with Crippen LogP contribution < -0.4 is 0 Å². The van der Waals surface area contributed by atoms with Crippen molar-refractivity contribution >= 4 is 10.9 Å². The molecule has 0 radical (unpaired) electrons. The molecule has 1 heterocycles. The van der Waals surface area contributed by atoms with Crippen molar-refractivity contribution in [1.29, 1.82) is 0 Å². The zero-order valence-corrected chi connectivity index (χ0v) is 9.32. The molecule has 2 nitrogen and oxygen atoms in total. The fourth-order valence-corrected chi connectivity index (χ4v) is 2.10. The maximum atomic E-state index is 12.7. The van der Waals surface area contributed by atoms with Gasteiger partial charge < -0.3 is 4.52 Å². The summed E-state index contributed by atoms with van der Waals surface area (Å²) in [6.45, 7) is 0. The van der Waals surface area contributed by atoms with Crippen LogP contribution in [0.25, 0.3) is 0 Å². The highest BCUT2D eigenvalue weighted by atomic mass is 32.2. The first kappa shape index (κ1) is 10.9. The molecular weight excluding hydrogens is 227 g/mol. The van der Waals surface area contributed by atoms with E-state index in [4.69, 9.17) is 4.52 Å². The molecule has 15 heavy (non-hydrogen) atoms. The highest BCUT2D eigenvalue weighted by Crippen LogP contribution is 2.58. The Balaban J connectivity index is 2.31. The predicted molar refractivity (Wildman–Crippen MR) is 52.6 cm³/mol. The summed E-state index contributed by atoms with van der Waals surface area (Å²) in [5, 5.41) is 4.14. The number of nitrogens with zero attached hydrogens (tertiary/aromatic N) is 1. The average molecular weight is 239 g/mol. The van der Waals surface area contributed by atoms with Crippen molar-refractivity contribution in [1.82, 2.24) is 5.16 Å². The number of hydrogen-bond acceptors (Lipinski definition) is 2. The summed E-state index contributed by atoms with van der Waals surface area (Å²) >= 11 is 0. The summed E-state index contributed by atoms with van der Waals surface area (Å²) in [5.74, 6) is 0. The molecule has 0 aliphatic heterocycles. The summed E-state index contributed by atoms with van der Waals surface area (Å²) in [7, 11) is -0.526. The van der Waals surface area contributed by atoms with Crippen LogP contribution in [0.15, 0.2) is 15.7 Å². The van der Waals surface area contributed by atoms with Crippen molar-refractivity contribution in [2.24, 2.45) is 0 Å². The van der Waals surface area contributed by atoms with Crippen LogP contribution in [0, 0.1) is 0 Å². The van der Waals surface area contributed by atoms with E-state index < -0.39 is 22.5 Å². The van der Waals surface area contributed by atoms with Crippen LogP contribution in [0.2, 0.25) is 0 Å². The zero-order valence-electron chi connectivity index (χ0n) is 8.43. The first-order valence-electron chi connectivity index (χ1n) is 4.58. The number of hydrogen-bond donors (Lipinski definition) is 1. The number of halogens is 3. The molecule has 1 fully saturated rings. The van der Waals surface area contributed by atoms with Crippen molar-refractivity contribution in [3.8, 4) is 0 Å². The van der Waals surface area contributed by atoms with Crippen LogP contribution in [0.5, 0.6) is 0 Å². The normalized spacial score (nSPS) is 20.2. The Morgan fingerprint density at radius 1 is 1.40 bits per heavy atom. The summed E-state index contributed by atoms with van der Waals surface area (Å²) in [4.78, 5) is 0. The van der Waals surface area contributed by atoms with Crippen LogP contribution in [0.3, 0.4) is 0 Å². The molecule has 0 N–H and O–H groups in total. The smallest absolute Gasteiger partial charge is 0.351 e. The lowest BCUT2D eigenvalue weighted by molar-refractivity contribution is -0.161. The van der Waals surface area contributed by atoms with E-state index in [0.717, 1.165) is 0 Å². The molecule has 0 atom stereocenters. The number of rotatable bonds is 2. The van der Waals surface area contributed by atoms with E-state index in [1.165, 1.54) is 6.07 Å². The first-order valence-corrected chi connectivity index (χ1v) is 6.82. The van der Waals surface area contributed by atoms with E-state index in [0.29, 0.717) is 5.09 Å². The Kier molecular flexibility index (Phi) is 2.29. The predicted octanol–water partition coefficient (Wildman–Crippen LogP) is 2.89. The van der Waals surface area contributed by atoms with Gasteiger partial charge in [-0.1, -0.05) is 5.16 Å². The third-order valence-electron chi connectivity index (χ3n) is 2.72. The third-order valence-corrected chi connectivity index (χ3v) is 3.81. The standard InChI is InChI=1S/C9H12F3NOS/c1-15(2)7-5-6(13-14-7)8(3-4-8)9(10,11)12/h5,15H,3-4H2,1-2H3. The van der Waals surface area contributed by atoms with Gasteiger partial charge in [0, 0.05) is 6.07 Å². The Hall–Kier alpha value is -0.650. The van der Waals surface area contributed by atoms with Gasteiger partial charge in [-0.3, -0.25) is 0 Å². The quantitative estimate of drug-likeness (QED) is 0.803. The van der Waals surface area contributed by atoms with Gasteiger partial charge in [0.25, 0.3) is 0 Å². The molecule has 86 valence electrons. The summed E-state index contributed by atoms with van der Waals surface area (Å²) in [5.41, 5.74) is -1.65. The lowest BCUT2D eigenvalue weighted by Crippen LogP contribution is -2.28. The second-order valence-electron chi connectivity index (χ2n) is 4.02. The third kappa shape index (κ3) is 1.64. The van der Waals surface area contributed by atoms with Crippen molar-refractivity contribution < 1.29 is 17.7 Å². The minimum atomic E-state index is -4.20. The van der Waals surface area contributed by atoms with E-state index in [2.05, 4.69) is 5.16 Å². The first-order chi connectivity index (χ1) is 6.87. The van der Waals surface area contributed by atoms with Gasteiger partial charge in [0.05, 0.1) is 5.69 Å².